The summed E-state index contributed by atoms with van der Waals surface area (Å²) in [7, 11) is 0. The molecule has 0 amide bonds. The fraction of sp³-hybridized carbons (Fsp3) is 0. The summed E-state index contributed by atoms with van der Waals surface area (Å²) in [6.07, 6.45) is 3.50. The molecule has 0 aliphatic carbocycles. The maximum Gasteiger partial charge on any atom is 0.0995 e. The average molecular weight is 162 g/mol. The second kappa shape index (κ2) is 2.43. The zero-order chi connectivity index (χ0) is 7.68. The maximum atomic E-state index is 4.12. The first kappa shape index (κ1) is 6.49. The van der Waals surface area contributed by atoms with Crippen LogP contribution in [0.2, 0.25) is 0 Å². The number of nitrogens with zero attached hydrogens (tertiary/aromatic N) is 2. The van der Waals surface area contributed by atoms with Crippen LogP contribution >= 0.6 is 11.3 Å². The molecule has 0 aliphatic heterocycles. The van der Waals surface area contributed by atoms with Crippen LogP contribution in [0.4, 0.5) is 0 Å². The van der Waals surface area contributed by atoms with E-state index in [1.54, 1.807) is 23.6 Å². The van der Waals surface area contributed by atoms with E-state index in [1.165, 1.54) is 0 Å². The summed E-state index contributed by atoms with van der Waals surface area (Å²) in [5.74, 6) is 0. The third kappa shape index (κ3) is 1.03. The van der Waals surface area contributed by atoms with E-state index < -0.39 is 0 Å². The van der Waals surface area contributed by atoms with Gasteiger partial charge in [-0.15, -0.1) is 11.3 Å². The molecule has 11 heavy (non-hydrogen) atoms. The number of hydrogen-bond donors (Lipinski definition) is 0. The first-order valence-corrected chi connectivity index (χ1v) is 4.10. The van der Waals surface area contributed by atoms with Gasteiger partial charge in [0.25, 0.3) is 0 Å². The second-order valence-corrected chi connectivity index (χ2v) is 3.02. The van der Waals surface area contributed by atoms with Crippen LogP contribution in [-0.2, 0) is 0 Å². The van der Waals surface area contributed by atoms with Gasteiger partial charge in [-0.3, -0.25) is 4.98 Å². The minimum atomic E-state index is 0.904. The van der Waals surface area contributed by atoms with Crippen LogP contribution in [0.5, 0.6) is 0 Å². The van der Waals surface area contributed by atoms with Crippen LogP contribution in [0.25, 0.3) is 16.3 Å². The lowest BCUT2D eigenvalue weighted by Gasteiger charge is -1.89. The van der Waals surface area contributed by atoms with Crippen LogP contribution in [0.15, 0.2) is 24.4 Å². The molecule has 2 rings (SSSR count). The lowest BCUT2D eigenvalue weighted by molar-refractivity contribution is 1.31. The molecule has 0 saturated carbocycles. The van der Waals surface area contributed by atoms with Crippen molar-refractivity contribution in [3.8, 4) is 0 Å². The van der Waals surface area contributed by atoms with Crippen molar-refractivity contribution in [2.45, 2.75) is 0 Å². The molecule has 2 aromatic rings. The molecule has 0 saturated heterocycles. The Morgan fingerprint density at radius 3 is 3.18 bits per heavy atom. The minimum Gasteiger partial charge on any atom is -0.255 e. The molecule has 54 valence electrons. The summed E-state index contributed by atoms with van der Waals surface area (Å²) in [5, 5.41) is 0. The van der Waals surface area contributed by atoms with Gasteiger partial charge in [-0.2, -0.15) is 0 Å². The molecule has 0 aliphatic rings. The molecule has 0 fully saturated rings. The van der Waals surface area contributed by atoms with Crippen molar-refractivity contribution in [2.24, 2.45) is 0 Å². The van der Waals surface area contributed by atoms with Gasteiger partial charge in [-0.25, -0.2) is 4.98 Å². The predicted molar refractivity (Wildman–Crippen MR) is 47.5 cm³/mol. The fourth-order valence-electron chi connectivity index (χ4n) is 0.888. The zero-order valence-corrected chi connectivity index (χ0v) is 6.64. The summed E-state index contributed by atoms with van der Waals surface area (Å²) in [6, 6.07) is 1.99. The molecule has 3 heteroatoms. The van der Waals surface area contributed by atoms with Gasteiger partial charge in [0.2, 0.25) is 0 Å². The maximum absolute atomic E-state index is 4.12. The number of fused-ring (bicyclic) bond motifs is 1. The van der Waals surface area contributed by atoms with Crippen LogP contribution in [0.1, 0.15) is 5.69 Å². The lowest BCUT2D eigenvalue weighted by atomic mass is 10.3. The Labute approximate surface area is 68.2 Å². The van der Waals surface area contributed by atoms with Gasteiger partial charge >= 0.3 is 0 Å². The van der Waals surface area contributed by atoms with E-state index in [2.05, 4.69) is 16.5 Å². The van der Waals surface area contributed by atoms with Crippen LogP contribution in [-0.4, -0.2) is 9.97 Å². The molecule has 0 radical (unpaired) electrons. The molecule has 0 unspecified atom stereocenters. The Balaban J connectivity index is 2.76. The van der Waals surface area contributed by atoms with Gasteiger partial charge in [0.15, 0.2) is 0 Å². The summed E-state index contributed by atoms with van der Waals surface area (Å²) in [6.45, 7) is 3.64. The van der Waals surface area contributed by atoms with Crippen molar-refractivity contribution in [3.63, 3.8) is 0 Å². The van der Waals surface area contributed by atoms with Crippen molar-refractivity contribution in [2.75, 3.05) is 0 Å². The van der Waals surface area contributed by atoms with Gasteiger partial charge in [-0.1, -0.05) is 6.58 Å². The first-order valence-electron chi connectivity index (χ1n) is 3.22. The van der Waals surface area contributed by atoms with Crippen LogP contribution < -0.4 is 0 Å². The van der Waals surface area contributed by atoms with Crippen LogP contribution in [0.3, 0.4) is 0 Å². The fourth-order valence-corrected chi connectivity index (χ4v) is 1.58. The normalized spacial score (nSPS) is 10.2. The molecule has 2 nitrogen and oxygen atoms in total. The van der Waals surface area contributed by atoms with E-state index in [-0.39, 0.29) is 0 Å². The number of rotatable bonds is 1. The molecular weight excluding hydrogens is 156 g/mol. The minimum absolute atomic E-state index is 0.904. The third-order valence-corrected chi connectivity index (χ3v) is 2.24. The quantitative estimate of drug-likeness (QED) is 0.643. The lowest BCUT2D eigenvalue weighted by Crippen LogP contribution is -1.77. The van der Waals surface area contributed by atoms with E-state index in [0.717, 1.165) is 15.9 Å². The first-order chi connectivity index (χ1) is 5.40. The summed E-state index contributed by atoms with van der Waals surface area (Å²) in [4.78, 5) is 8.24. The van der Waals surface area contributed by atoms with E-state index in [4.69, 9.17) is 0 Å². The highest BCUT2D eigenvalue weighted by Crippen LogP contribution is 2.17. The van der Waals surface area contributed by atoms with Crippen LogP contribution in [0, 0.1) is 0 Å². The molecule has 2 aromatic heterocycles. The summed E-state index contributed by atoms with van der Waals surface area (Å²) >= 11 is 1.62. The Bertz CT molecular complexity index is 392. The average Bonchev–Trinajstić information content (AvgIpc) is 2.50. The van der Waals surface area contributed by atoms with Gasteiger partial charge in [0, 0.05) is 0 Å². The van der Waals surface area contributed by atoms with Gasteiger partial charge < -0.3 is 0 Å². The monoisotopic (exact) mass is 162 g/mol. The molecular formula is C8H6N2S. The smallest absolute Gasteiger partial charge is 0.0995 e. The van der Waals surface area contributed by atoms with E-state index in [9.17, 15) is 0 Å². The van der Waals surface area contributed by atoms with Crippen molar-refractivity contribution in [3.05, 3.63) is 30.0 Å². The topological polar surface area (TPSA) is 25.8 Å². The van der Waals surface area contributed by atoms with Crippen molar-refractivity contribution >= 4 is 27.6 Å². The summed E-state index contributed by atoms with van der Waals surface area (Å²) < 4.78 is 1.16. The number of hydrogen-bond acceptors (Lipinski definition) is 3. The molecule has 0 atom stereocenters. The zero-order valence-electron chi connectivity index (χ0n) is 5.82. The molecule has 0 N–H and O–H groups in total. The van der Waals surface area contributed by atoms with Crippen molar-refractivity contribution < 1.29 is 0 Å². The van der Waals surface area contributed by atoms with Gasteiger partial charge in [0.1, 0.15) is 0 Å². The Kier molecular flexibility index (Phi) is 1.43. The third-order valence-electron chi connectivity index (χ3n) is 1.45. The SMILES string of the molecule is C=Cc1cc2scnc2cn1. The summed E-state index contributed by atoms with van der Waals surface area (Å²) in [5.41, 5.74) is 3.68. The number of pyridine rings is 1. The highest BCUT2D eigenvalue weighted by Gasteiger charge is 1.95. The highest BCUT2D eigenvalue weighted by molar-refractivity contribution is 7.16. The Morgan fingerprint density at radius 2 is 2.36 bits per heavy atom. The standard InChI is InChI=1S/C8H6N2S/c1-2-6-3-8-7(4-9-6)10-5-11-8/h2-5H,1H2. The molecule has 0 spiro atoms. The molecule has 2 heterocycles. The Hall–Kier alpha value is -1.22. The molecule has 0 bridgehead atoms. The van der Waals surface area contributed by atoms with Gasteiger partial charge in [0.05, 0.1) is 27.6 Å². The van der Waals surface area contributed by atoms with E-state index in [1.807, 2.05) is 11.6 Å². The number of aromatic nitrogens is 2. The largest absolute Gasteiger partial charge is 0.255 e. The van der Waals surface area contributed by atoms with Crippen molar-refractivity contribution in [1.82, 2.24) is 9.97 Å². The van der Waals surface area contributed by atoms with Crippen molar-refractivity contribution in [1.29, 1.82) is 0 Å². The Morgan fingerprint density at radius 1 is 1.45 bits per heavy atom. The molecule has 0 aromatic carbocycles. The predicted octanol–water partition coefficient (Wildman–Crippen LogP) is 2.33. The van der Waals surface area contributed by atoms with Gasteiger partial charge in [-0.05, 0) is 12.1 Å². The van der Waals surface area contributed by atoms with E-state index in [0.29, 0.717) is 0 Å². The second-order valence-electron chi connectivity index (χ2n) is 2.13. The highest BCUT2D eigenvalue weighted by atomic mass is 32.1. The number of thiazole rings is 1. The van der Waals surface area contributed by atoms with E-state index >= 15 is 0 Å².